The second-order valence-electron chi connectivity index (χ2n) is 39.5. The number of cyclic esters (lactones) is 3. The molecule has 724 valence electrons. The largest absolute Gasteiger partial charge is 0.462 e. The summed E-state index contributed by atoms with van der Waals surface area (Å²) in [6.07, 6.45) is 34.1. The number of piperidine rings is 1. The second-order valence-corrected chi connectivity index (χ2v) is 45.4. The van der Waals surface area contributed by atoms with Crippen LogP contribution >= 0.6 is 0 Å². The van der Waals surface area contributed by atoms with Gasteiger partial charge in [0.2, 0.25) is 37.8 Å². The maximum absolute atomic E-state index is 11.6. The average molecular weight is 1820 g/mol. The van der Waals surface area contributed by atoms with Crippen LogP contribution < -0.4 is 0 Å². The van der Waals surface area contributed by atoms with Crippen LogP contribution in [0.15, 0.2) is 0 Å². The van der Waals surface area contributed by atoms with E-state index in [9.17, 15) is 73.2 Å². The number of ketones is 3. The summed E-state index contributed by atoms with van der Waals surface area (Å²) in [5.74, 6) is 8.61. The minimum Gasteiger partial charge on any atom is -0.462 e. The van der Waals surface area contributed by atoms with Gasteiger partial charge in [0, 0.05) is 159 Å². The van der Waals surface area contributed by atoms with Crippen molar-refractivity contribution in [1.29, 1.82) is 0 Å². The van der Waals surface area contributed by atoms with Gasteiger partial charge in [-0.25, -0.2) is 25.3 Å². The van der Waals surface area contributed by atoms with Crippen molar-refractivity contribution >= 4 is 88.2 Å². The molecule has 25 nitrogen and oxygen atoms in total. The Morgan fingerprint density at radius 2 is 0.556 bits per heavy atom. The predicted molar refractivity (Wildman–Crippen MR) is 498 cm³/mol. The molecule has 0 aromatic carbocycles. The van der Waals surface area contributed by atoms with Crippen LogP contribution in [0.5, 0.6) is 0 Å². The number of sulfonamides is 3. The highest BCUT2D eigenvalue weighted by Crippen LogP contribution is 2.31. The zero-order chi connectivity index (χ0) is 94.4. The number of amides is 3. The summed E-state index contributed by atoms with van der Waals surface area (Å²) in [6.45, 7) is 54.3. The van der Waals surface area contributed by atoms with Crippen LogP contribution in [0.3, 0.4) is 0 Å². The van der Waals surface area contributed by atoms with Gasteiger partial charge in [-0.15, -0.1) is 0 Å². The Kier molecular flexibility index (Phi) is 58.4. The predicted octanol–water partition coefficient (Wildman–Crippen LogP) is 18.6. The first-order valence-electron chi connectivity index (χ1n) is 48.4. The monoisotopic (exact) mass is 1820 g/mol. The van der Waals surface area contributed by atoms with Gasteiger partial charge in [-0.1, -0.05) is 95.9 Å². The Morgan fingerprint density at radius 3 is 0.927 bits per heavy atom. The van der Waals surface area contributed by atoms with E-state index in [1.54, 1.807) is 22.5 Å². The minimum absolute atomic E-state index is 0.0128. The Balaban J connectivity index is 0.000000677. The average Bonchev–Trinajstić information content (AvgIpc) is 1.48. The molecule has 6 unspecified atom stereocenters. The van der Waals surface area contributed by atoms with E-state index in [0.29, 0.717) is 163 Å². The lowest BCUT2D eigenvalue weighted by Gasteiger charge is -2.30. The van der Waals surface area contributed by atoms with Crippen molar-refractivity contribution in [2.45, 2.75) is 452 Å². The molecule has 12 rings (SSSR count). The molecule has 0 aromatic heterocycles. The lowest BCUT2D eigenvalue weighted by Crippen LogP contribution is -2.42. The maximum Gasteiger partial charge on any atom is 0.306 e. The number of likely N-dealkylation sites (tertiary alicyclic amines) is 3. The number of esters is 3. The molecular formula is C96H178N6O19S3. The fourth-order valence-corrected chi connectivity index (χ4v) is 21.9. The van der Waals surface area contributed by atoms with Crippen molar-refractivity contribution in [3.63, 3.8) is 0 Å². The molecule has 6 atom stereocenters. The Labute approximate surface area is 754 Å². The van der Waals surface area contributed by atoms with E-state index in [0.717, 1.165) is 180 Å². The van der Waals surface area contributed by atoms with E-state index >= 15 is 0 Å². The Hall–Kier alpha value is -4.77. The first kappa shape index (κ1) is 117. The van der Waals surface area contributed by atoms with Crippen molar-refractivity contribution < 1.29 is 87.4 Å². The number of nitrogens with zero attached hydrogens (tertiary/aromatic N) is 6. The van der Waals surface area contributed by atoms with Crippen molar-refractivity contribution in [1.82, 2.24) is 27.6 Å². The zero-order valence-electron chi connectivity index (χ0n) is 82.2. The first-order valence-corrected chi connectivity index (χ1v) is 53.1. The summed E-state index contributed by atoms with van der Waals surface area (Å²) in [5.41, 5.74) is 0. The normalized spacial score (nSPS) is 25.0. The molecule has 9 heterocycles. The summed E-state index contributed by atoms with van der Waals surface area (Å²) in [7, 11) is -9.39. The fraction of sp³-hybridized carbons (Fsp3) is 0.896. The molecular weight excluding hydrogens is 1640 g/mol. The van der Waals surface area contributed by atoms with Gasteiger partial charge in [0.05, 0.1) is 11.5 Å². The van der Waals surface area contributed by atoms with Gasteiger partial charge in [-0.05, 0) is 271 Å². The number of ether oxygens (including phenoxy) is 3. The van der Waals surface area contributed by atoms with E-state index in [-0.39, 0.29) is 60.8 Å². The lowest BCUT2D eigenvalue weighted by molar-refractivity contribution is -0.156. The minimum atomic E-state index is -3.64. The molecule has 0 bridgehead atoms. The van der Waals surface area contributed by atoms with Crippen molar-refractivity contribution in [3.8, 4) is 0 Å². The van der Waals surface area contributed by atoms with Crippen LogP contribution in [0.1, 0.15) is 397 Å². The fourth-order valence-electron chi connectivity index (χ4n) is 16.6. The Bertz CT molecular complexity index is 3390. The zero-order valence-corrected chi connectivity index (χ0v) is 84.6. The number of carbonyl (C=O) groups is 10. The number of carbonyl (C=O) groups excluding carboxylic acids is 10. The van der Waals surface area contributed by atoms with Gasteiger partial charge in [-0.3, -0.25) is 47.9 Å². The van der Waals surface area contributed by atoms with Crippen molar-refractivity contribution in [2.24, 2.45) is 53.3 Å². The van der Waals surface area contributed by atoms with Gasteiger partial charge in [-0.2, -0.15) is 12.9 Å². The smallest absolute Gasteiger partial charge is 0.306 e. The molecule has 0 N–H and O–H groups in total. The third kappa shape index (κ3) is 47.7. The molecule has 3 amide bonds. The van der Waals surface area contributed by atoms with Gasteiger partial charge in [0.15, 0.2) is 0 Å². The highest BCUT2D eigenvalue weighted by Gasteiger charge is 2.36. The highest BCUT2D eigenvalue weighted by atomic mass is 32.2. The molecule has 12 fully saturated rings. The number of Topliss-reactive ketones (excluding diaryl/α,β-unsaturated/α-hetero) is 3. The summed E-state index contributed by atoms with van der Waals surface area (Å²) in [6, 6.07) is 1.33. The third-order valence-electron chi connectivity index (χ3n) is 24.9. The molecule has 28 heteroatoms. The first-order chi connectivity index (χ1) is 57.9. The van der Waals surface area contributed by atoms with E-state index < -0.39 is 35.2 Å². The molecule has 3 saturated carbocycles. The number of hydrogen-bond donors (Lipinski definition) is 0. The van der Waals surface area contributed by atoms with E-state index in [4.69, 9.17) is 14.2 Å². The van der Waals surface area contributed by atoms with E-state index in [2.05, 4.69) is 125 Å². The molecule has 0 aromatic rings. The second kappa shape index (κ2) is 61.7. The number of hydrogen-bond acceptors (Lipinski definition) is 19. The maximum atomic E-state index is 11.6. The lowest BCUT2D eigenvalue weighted by atomic mass is 9.81. The van der Waals surface area contributed by atoms with Crippen LogP contribution in [0, 0.1) is 53.3 Å². The standard InChI is InChI=1S/C10H18O.C9H17NO.C9H16O2.C9H16O.C8H15NO3S.C8H15NO.C8H14O2.C8H14O.C7H15NO2S.C7H13NO.C7H12O2.C6H13NO2S/c1-8(2)9-5-3-4-6-10(11)7-9;1-8(2)10-7-5-3-4-6-9(10)11;1-7(2)8-5-3-4-6-9(10)11-8;1-7(2)8-4-3-5-9(10)6-8;1-7(2)9-6-4-3-5-8(10)13(9,11)12;1-7(2)9-6-4-3-5-8(9)10;1-6(2)7-4-3-5-8(9)10-7;1-6(2)7-3-4-8(9)5-7;1-7(2)8-5-3-4-6-11(8,9)10;1-6(2)8-5-3-4-7(8)9;1-5(2)6-3-4-7(8)9-6;1-6(2)7-4-3-5-10(7,8)9/h8-9H,3-7H2,1-2H3;8H,3-7H2,1-2H3;7-8H,3-6H2,1-2H3;7-8H,3-6H2,1-2H3;7H,3-6H2,1-2H3;7H,3-6H2,1-2H3;6-7H,3-5H2,1-2H3;6-7H,3-5H2,1-2H3;7H,3-6H2,1-2H3;6H,3-5H2,1-2H3;5-6H,3-4H2,1-2H3;6H,3-5H2,1-2H3. The molecule has 0 radical (unpaired) electrons. The SMILES string of the molecule is CC(C)C1CCC(=O)C1.CC(C)C1CCC(=O)O1.CC(C)C1CCCC(=O)C1.CC(C)C1CCCC(=O)O1.CC(C)C1CCCCC(=O)C1.CC(C)C1CCCCC(=O)O1.CC(C)N1CCCC1=O.CC(C)N1CCCCC(=O)S1(=O)=O.CC(C)N1CCCCC1=O.CC(C)N1CCCCCC1=O.CC(C)N1CCCCS1(=O)=O.CC(C)N1CCCS1(=O)=O. The summed E-state index contributed by atoms with van der Waals surface area (Å²) < 4.78 is 87.8. The van der Waals surface area contributed by atoms with Crippen LogP contribution in [0.4, 0.5) is 0 Å². The number of rotatable bonds is 12. The molecule has 3 aliphatic carbocycles. The van der Waals surface area contributed by atoms with Crippen molar-refractivity contribution in [3.05, 3.63) is 0 Å². The molecule has 124 heavy (non-hydrogen) atoms. The molecule has 9 aliphatic heterocycles. The third-order valence-corrected chi connectivity index (χ3v) is 31.2. The van der Waals surface area contributed by atoms with Gasteiger partial charge < -0.3 is 28.9 Å². The van der Waals surface area contributed by atoms with Crippen LogP contribution in [-0.4, -0.2) is 216 Å². The molecule has 0 spiro atoms. The summed E-state index contributed by atoms with van der Waals surface area (Å²) in [5, 5.41) is -0.626. The van der Waals surface area contributed by atoms with Gasteiger partial charge in [0.25, 0.3) is 15.1 Å². The molecule has 12 aliphatic rings. The summed E-state index contributed by atoms with van der Waals surface area (Å²) >= 11 is 0. The quantitative estimate of drug-likeness (QED) is 0.0995. The van der Waals surface area contributed by atoms with Gasteiger partial charge >= 0.3 is 17.9 Å². The van der Waals surface area contributed by atoms with E-state index in [1.807, 2.05) is 42.4 Å². The van der Waals surface area contributed by atoms with Gasteiger partial charge in [0.1, 0.15) is 35.7 Å². The van der Waals surface area contributed by atoms with Crippen molar-refractivity contribution in [2.75, 3.05) is 50.8 Å². The van der Waals surface area contributed by atoms with E-state index in [1.165, 1.54) is 42.8 Å². The summed E-state index contributed by atoms with van der Waals surface area (Å²) in [4.78, 5) is 116. The van der Waals surface area contributed by atoms with Crippen LogP contribution in [-0.2, 0) is 92.2 Å². The molecule has 9 saturated heterocycles. The van der Waals surface area contributed by atoms with Crippen LogP contribution in [0.25, 0.3) is 0 Å². The highest BCUT2D eigenvalue weighted by molar-refractivity contribution is 8.04. The Morgan fingerprint density at radius 1 is 0.250 bits per heavy atom. The topological polar surface area (TPSA) is 320 Å². The van der Waals surface area contributed by atoms with Crippen LogP contribution in [0.2, 0.25) is 0 Å².